The van der Waals surface area contributed by atoms with Crippen molar-refractivity contribution in [3.8, 4) is 11.5 Å². The minimum Gasteiger partial charge on any atom is -0.457 e. The Kier molecular flexibility index (Phi) is 7.75. The molecule has 4 N–H and O–H groups in total. The molecule has 42 heavy (non-hydrogen) atoms. The summed E-state index contributed by atoms with van der Waals surface area (Å²) in [4.78, 5) is 34.5. The number of hydrogen-bond donors (Lipinski definition) is 4. The molecule has 1 saturated heterocycles. The fraction of sp³-hybridized carbons (Fsp3) is 0.250. The highest BCUT2D eigenvalue weighted by Gasteiger charge is 2.39. The maximum Gasteiger partial charge on any atom is 0.416 e. The molecule has 3 amide bonds. The number of anilines is 2. The second-order valence-electron chi connectivity index (χ2n) is 10.0. The molecule has 5 rings (SSSR count). The first-order valence-electron chi connectivity index (χ1n) is 13.0. The minimum atomic E-state index is -4.68. The van der Waals surface area contributed by atoms with Gasteiger partial charge in [-0.15, -0.1) is 0 Å². The summed E-state index contributed by atoms with van der Waals surface area (Å²) >= 11 is 0. The number of hydrogen-bond acceptors (Lipinski definition) is 5. The summed E-state index contributed by atoms with van der Waals surface area (Å²) in [6.45, 7) is 4.38. The van der Waals surface area contributed by atoms with Crippen molar-refractivity contribution in [3.05, 3.63) is 72.0 Å². The van der Waals surface area contributed by atoms with E-state index in [1.807, 2.05) is 7.05 Å². The Morgan fingerprint density at radius 2 is 1.67 bits per heavy atom. The highest BCUT2D eigenvalue weighted by atomic mass is 19.4. The fourth-order valence-electron chi connectivity index (χ4n) is 4.65. The lowest BCUT2D eigenvalue weighted by atomic mass is 10.2. The van der Waals surface area contributed by atoms with Crippen molar-refractivity contribution in [1.82, 2.24) is 24.9 Å². The van der Waals surface area contributed by atoms with Crippen LogP contribution in [0.5, 0.6) is 11.5 Å². The first-order chi connectivity index (χ1) is 19.9. The number of aromatic amines is 1. The number of quaternary nitrogens is 1. The van der Waals surface area contributed by atoms with Crippen LogP contribution in [0.15, 0.2) is 60.7 Å². The third-order valence-electron chi connectivity index (χ3n) is 6.83. The van der Waals surface area contributed by atoms with E-state index in [9.17, 15) is 27.2 Å². The van der Waals surface area contributed by atoms with Crippen molar-refractivity contribution in [2.45, 2.75) is 13.1 Å². The van der Waals surface area contributed by atoms with Gasteiger partial charge in [-0.05, 0) is 61.6 Å². The highest BCUT2D eigenvalue weighted by Crippen LogP contribution is 2.32. The van der Waals surface area contributed by atoms with Crippen LogP contribution in [-0.4, -0.2) is 60.0 Å². The quantitative estimate of drug-likeness (QED) is 0.177. The van der Waals surface area contributed by atoms with Crippen LogP contribution < -0.4 is 25.4 Å². The fourth-order valence-corrected chi connectivity index (χ4v) is 4.65. The molecule has 0 unspecified atom stereocenters. The SMILES string of the molecule is CC(=O)N[N+]1(c2nc3ccc(Oc4ccc(NC(=O)Nc5cc(C(F)(F)F)ccc5F)cc4)cc3[nH]2)CCN(C)CC1. The van der Waals surface area contributed by atoms with Crippen LogP contribution in [0.3, 0.4) is 0 Å². The number of rotatable bonds is 6. The number of aromatic nitrogens is 2. The number of H-pyrrole nitrogens is 1. The zero-order valence-electron chi connectivity index (χ0n) is 22.7. The number of carbonyl (C=O) groups excluding carboxylic acids is 2. The van der Waals surface area contributed by atoms with Gasteiger partial charge >= 0.3 is 18.2 Å². The summed E-state index contributed by atoms with van der Waals surface area (Å²) in [5, 5.41) is 4.53. The van der Waals surface area contributed by atoms with E-state index in [1.165, 1.54) is 19.1 Å². The number of amides is 3. The minimum absolute atomic E-state index is 0.151. The zero-order valence-corrected chi connectivity index (χ0v) is 22.7. The molecule has 0 spiro atoms. The van der Waals surface area contributed by atoms with Crippen LogP contribution in [-0.2, 0) is 11.0 Å². The lowest BCUT2D eigenvalue weighted by Crippen LogP contribution is -2.68. The molecular weight excluding hydrogens is 558 g/mol. The molecule has 14 heteroatoms. The lowest BCUT2D eigenvalue weighted by molar-refractivity contribution is -0.137. The van der Waals surface area contributed by atoms with Gasteiger partial charge in [-0.25, -0.2) is 9.18 Å². The summed E-state index contributed by atoms with van der Waals surface area (Å²) in [5.41, 5.74) is 3.09. The van der Waals surface area contributed by atoms with Gasteiger partial charge in [0, 0.05) is 18.7 Å². The Morgan fingerprint density at radius 3 is 2.33 bits per heavy atom. The Bertz CT molecular complexity index is 1610. The standard InChI is InChI=1S/C28H27F4N7O3/c1-17(40)37-39(13-11-38(2)12-14-39)26-34-23-10-8-21(16-25(23)35-26)42-20-6-4-19(5-7-20)33-27(41)36-24-15-18(28(30,31)32)3-9-22(24)29/h3-10,15-16H,11-14H2,1-2H3,(H3-,33,34,35,36,37,40,41)/p+1. The van der Waals surface area contributed by atoms with Crippen LogP contribution in [0.25, 0.3) is 11.0 Å². The summed E-state index contributed by atoms with van der Waals surface area (Å²) in [5.74, 6) is 0.440. The van der Waals surface area contributed by atoms with Gasteiger partial charge in [0.05, 0.1) is 35.4 Å². The third-order valence-corrected chi connectivity index (χ3v) is 6.83. The maximum atomic E-state index is 13.9. The van der Waals surface area contributed by atoms with Crippen LogP contribution in [0.1, 0.15) is 12.5 Å². The summed E-state index contributed by atoms with van der Waals surface area (Å²) in [7, 11) is 2.03. The monoisotopic (exact) mass is 586 g/mol. The first kappa shape index (κ1) is 28.8. The largest absolute Gasteiger partial charge is 0.457 e. The van der Waals surface area contributed by atoms with Gasteiger partial charge in [-0.1, -0.05) is 0 Å². The van der Waals surface area contributed by atoms with E-state index in [-0.39, 0.29) is 10.5 Å². The molecule has 4 aromatic rings. The summed E-state index contributed by atoms with van der Waals surface area (Å²) in [6, 6.07) is 12.4. The van der Waals surface area contributed by atoms with Crippen LogP contribution in [0, 0.1) is 5.82 Å². The van der Waals surface area contributed by atoms with E-state index in [2.05, 4.69) is 25.9 Å². The van der Waals surface area contributed by atoms with Crippen molar-refractivity contribution in [3.63, 3.8) is 0 Å². The molecule has 2 heterocycles. The molecular formula is C28H28F4N7O3+. The lowest BCUT2D eigenvalue weighted by Gasteiger charge is -2.39. The molecule has 0 aliphatic carbocycles. The number of alkyl halides is 3. The van der Waals surface area contributed by atoms with Crippen LogP contribution in [0.2, 0.25) is 0 Å². The topological polar surface area (TPSA) is 111 Å². The molecule has 220 valence electrons. The summed E-state index contributed by atoms with van der Waals surface area (Å²) in [6.07, 6.45) is -4.68. The van der Waals surface area contributed by atoms with Gasteiger partial charge < -0.3 is 15.4 Å². The molecule has 1 aliphatic heterocycles. The van der Waals surface area contributed by atoms with E-state index in [0.717, 1.165) is 18.6 Å². The maximum absolute atomic E-state index is 13.9. The van der Waals surface area contributed by atoms with Crippen molar-refractivity contribution in [1.29, 1.82) is 0 Å². The van der Waals surface area contributed by atoms with E-state index >= 15 is 0 Å². The van der Waals surface area contributed by atoms with Gasteiger partial charge in [0.2, 0.25) is 0 Å². The smallest absolute Gasteiger partial charge is 0.416 e. The number of carbonyl (C=O) groups is 2. The second-order valence-corrected chi connectivity index (χ2v) is 10.0. The van der Waals surface area contributed by atoms with Gasteiger partial charge in [0.1, 0.15) is 30.4 Å². The Hall–Kier alpha value is -4.69. The molecule has 1 aromatic heterocycles. The average Bonchev–Trinajstić information content (AvgIpc) is 3.36. The van der Waals surface area contributed by atoms with Gasteiger partial charge in [-0.2, -0.15) is 28.2 Å². The number of urea groups is 1. The van der Waals surface area contributed by atoms with E-state index < -0.39 is 29.3 Å². The van der Waals surface area contributed by atoms with E-state index in [1.54, 1.807) is 30.3 Å². The Balaban J connectivity index is 1.25. The molecule has 1 fully saturated rings. The van der Waals surface area contributed by atoms with Crippen LogP contribution in [0.4, 0.5) is 39.7 Å². The molecule has 0 bridgehead atoms. The van der Waals surface area contributed by atoms with Gasteiger partial charge in [0.25, 0.3) is 5.91 Å². The van der Waals surface area contributed by atoms with Crippen molar-refractivity contribution in [2.24, 2.45) is 0 Å². The number of imidazole rings is 1. The third kappa shape index (κ3) is 6.44. The van der Waals surface area contributed by atoms with Gasteiger partial charge in [-0.3, -0.25) is 14.7 Å². The molecule has 3 aromatic carbocycles. The molecule has 10 nitrogen and oxygen atoms in total. The van der Waals surface area contributed by atoms with E-state index in [0.29, 0.717) is 59.9 Å². The van der Waals surface area contributed by atoms with Crippen LogP contribution >= 0.6 is 0 Å². The zero-order chi connectivity index (χ0) is 30.1. The Morgan fingerprint density at radius 1 is 0.976 bits per heavy atom. The number of likely N-dealkylation sites (N-methyl/N-ethyl adjacent to an activating group) is 1. The predicted molar refractivity (Wildman–Crippen MR) is 149 cm³/mol. The predicted octanol–water partition coefficient (Wildman–Crippen LogP) is 5.46. The molecule has 0 saturated carbocycles. The average molecular weight is 587 g/mol. The number of fused-ring (bicyclic) bond motifs is 1. The normalized spacial score (nSPS) is 15.3. The van der Waals surface area contributed by atoms with Crippen molar-refractivity contribution in [2.75, 3.05) is 43.9 Å². The number of nitrogens with one attached hydrogen (secondary N) is 4. The van der Waals surface area contributed by atoms with Crippen molar-refractivity contribution >= 4 is 40.3 Å². The first-order valence-corrected chi connectivity index (χ1v) is 13.0. The molecule has 1 aliphatic rings. The number of nitrogens with zero attached hydrogens (tertiary/aromatic N) is 3. The number of halogens is 4. The highest BCUT2D eigenvalue weighted by molar-refractivity contribution is 5.99. The summed E-state index contributed by atoms with van der Waals surface area (Å²) < 4.78 is 58.9. The number of benzene rings is 3. The Labute approximate surface area is 237 Å². The number of piperazine rings is 1. The van der Waals surface area contributed by atoms with Gasteiger partial charge in [0.15, 0.2) is 0 Å². The molecule has 0 atom stereocenters. The van der Waals surface area contributed by atoms with E-state index in [4.69, 9.17) is 9.72 Å². The van der Waals surface area contributed by atoms with Crippen molar-refractivity contribution < 1.29 is 31.9 Å². The number of ether oxygens (including phenoxy) is 1. The second kappa shape index (κ2) is 11.3. The molecule has 0 radical (unpaired) electrons.